The zero-order chi connectivity index (χ0) is 23.5. The normalized spacial score (nSPS) is 18.2. The van der Waals surface area contributed by atoms with Gasteiger partial charge in [0.2, 0.25) is 5.91 Å². The molecule has 0 aliphatic heterocycles. The fourth-order valence-electron chi connectivity index (χ4n) is 3.84. The summed E-state index contributed by atoms with van der Waals surface area (Å²) >= 11 is 0. The van der Waals surface area contributed by atoms with Gasteiger partial charge in [-0.15, -0.1) is 0 Å². The Bertz CT molecular complexity index is 946. The number of amides is 2. The van der Waals surface area contributed by atoms with E-state index in [-0.39, 0.29) is 12.5 Å². The molecule has 1 aliphatic rings. The summed E-state index contributed by atoms with van der Waals surface area (Å²) < 4.78 is 5.29. The molecule has 0 bridgehead atoms. The van der Waals surface area contributed by atoms with Crippen LogP contribution in [0.25, 0.3) is 0 Å². The molecule has 2 aromatic rings. The van der Waals surface area contributed by atoms with E-state index in [0.717, 1.165) is 11.1 Å². The van der Waals surface area contributed by atoms with Gasteiger partial charge in [-0.3, -0.25) is 9.59 Å². The predicted molar refractivity (Wildman–Crippen MR) is 124 cm³/mol. The highest BCUT2D eigenvalue weighted by Crippen LogP contribution is 2.20. The second-order valence-electron chi connectivity index (χ2n) is 8.07. The molecule has 3 rings (SSSR count). The lowest BCUT2D eigenvalue weighted by Gasteiger charge is -2.29. The Labute approximate surface area is 193 Å². The van der Waals surface area contributed by atoms with E-state index in [4.69, 9.17) is 4.74 Å². The summed E-state index contributed by atoms with van der Waals surface area (Å²) in [6.07, 6.45) is 5.12. The first-order valence-corrected chi connectivity index (χ1v) is 11.2. The van der Waals surface area contributed by atoms with Crippen LogP contribution in [0.3, 0.4) is 0 Å². The average Bonchev–Trinajstić information content (AvgIpc) is 2.86. The van der Waals surface area contributed by atoms with Gasteiger partial charge >= 0.3 is 6.09 Å². The molecule has 0 saturated heterocycles. The van der Waals surface area contributed by atoms with E-state index in [1.165, 1.54) is 0 Å². The summed E-state index contributed by atoms with van der Waals surface area (Å²) in [7, 11) is 0. The van der Waals surface area contributed by atoms with Crippen molar-refractivity contribution in [2.45, 2.75) is 44.4 Å². The number of Topliss-reactive ketones (excluding diaryl/α,β-unsaturated/α-hetero) is 1. The van der Waals surface area contributed by atoms with Gasteiger partial charge in [0.05, 0.1) is 12.0 Å². The number of alkyl carbamates (subject to hydrolysis) is 1. The molecule has 0 aromatic heterocycles. The molecule has 2 amide bonds. The number of rotatable bonds is 10. The number of nitrogens with one attached hydrogen (secondary N) is 2. The summed E-state index contributed by atoms with van der Waals surface area (Å²) in [6, 6.07) is 17.8. The van der Waals surface area contributed by atoms with Crippen LogP contribution in [0.2, 0.25) is 0 Å². The molecule has 3 atom stereocenters. The fraction of sp³-hybridized carbons (Fsp3) is 0.346. The van der Waals surface area contributed by atoms with Crippen LogP contribution in [0, 0.1) is 5.92 Å². The van der Waals surface area contributed by atoms with Gasteiger partial charge in [-0.2, -0.15) is 0 Å². The molecule has 2 aromatic carbocycles. The summed E-state index contributed by atoms with van der Waals surface area (Å²) in [5, 5.41) is 14.9. The summed E-state index contributed by atoms with van der Waals surface area (Å²) in [6.45, 7) is -0.504. The summed E-state index contributed by atoms with van der Waals surface area (Å²) in [5.41, 5.74) is 1.91. The number of carbonyl (C=O) groups excluding carboxylic acids is 3. The van der Waals surface area contributed by atoms with Crippen LogP contribution < -0.4 is 10.6 Å². The first kappa shape index (κ1) is 24.2. The molecule has 0 heterocycles. The van der Waals surface area contributed by atoms with Gasteiger partial charge in [-0.05, 0) is 36.8 Å². The number of benzene rings is 2. The van der Waals surface area contributed by atoms with Crippen molar-refractivity contribution in [3.63, 3.8) is 0 Å². The molecule has 0 unspecified atom stereocenters. The van der Waals surface area contributed by atoms with Crippen LogP contribution >= 0.6 is 0 Å². The van der Waals surface area contributed by atoms with E-state index in [0.29, 0.717) is 25.7 Å². The van der Waals surface area contributed by atoms with Crippen molar-refractivity contribution in [2.24, 2.45) is 5.92 Å². The number of aryl methyl sites for hydroxylation is 1. The highest BCUT2D eigenvalue weighted by Gasteiger charge is 2.32. The molecule has 3 N–H and O–H groups in total. The maximum Gasteiger partial charge on any atom is 0.407 e. The minimum Gasteiger partial charge on any atom is -0.445 e. The number of hydrogen-bond acceptors (Lipinski definition) is 5. The minimum atomic E-state index is -0.792. The van der Waals surface area contributed by atoms with Gasteiger partial charge in [0.25, 0.3) is 0 Å². The zero-order valence-corrected chi connectivity index (χ0v) is 18.5. The van der Waals surface area contributed by atoms with Crippen LogP contribution in [0.15, 0.2) is 72.8 Å². The SMILES string of the molecule is O=C(N[C@H]1CC=CC[C@H]1C(=O)N[C@@H](CCc1ccccc1)C(=O)CO)OCc1ccccc1. The largest absolute Gasteiger partial charge is 0.445 e. The molecular weight excluding hydrogens is 420 g/mol. The van der Waals surface area contributed by atoms with Gasteiger partial charge in [-0.1, -0.05) is 72.8 Å². The topological polar surface area (TPSA) is 105 Å². The number of carbonyl (C=O) groups is 3. The number of aliphatic hydroxyl groups excluding tert-OH is 1. The number of ether oxygens (including phenoxy) is 1. The van der Waals surface area contributed by atoms with Gasteiger partial charge in [0.1, 0.15) is 13.2 Å². The maximum absolute atomic E-state index is 13.0. The average molecular weight is 451 g/mol. The monoisotopic (exact) mass is 450 g/mol. The number of aliphatic hydroxyl groups is 1. The highest BCUT2D eigenvalue weighted by atomic mass is 16.5. The van der Waals surface area contributed by atoms with E-state index < -0.39 is 36.5 Å². The van der Waals surface area contributed by atoms with Crippen LogP contribution in [-0.4, -0.2) is 41.6 Å². The fourth-order valence-corrected chi connectivity index (χ4v) is 3.84. The second kappa shape index (κ2) is 12.6. The third-order valence-corrected chi connectivity index (χ3v) is 5.71. The smallest absolute Gasteiger partial charge is 0.407 e. The quantitative estimate of drug-likeness (QED) is 0.483. The molecule has 174 valence electrons. The van der Waals surface area contributed by atoms with E-state index in [2.05, 4.69) is 10.6 Å². The van der Waals surface area contributed by atoms with Crippen LogP contribution in [-0.2, 0) is 27.4 Å². The van der Waals surface area contributed by atoms with Gasteiger partial charge in [0.15, 0.2) is 5.78 Å². The van der Waals surface area contributed by atoms with Gasteiger partial charge in [0, 0.05) is 6.04 Å². The standard InChI is InChI=1S/C26H30N2O5/c29-17-24(30)23(16-15-19-9-3-1-4-10-19)27-25(31)21-13-7-8-14-22(21)28-26(32)33-18-20-11-5-2-6-12-20/h1-12,21-23,29H,13-18H2,(H,27,31)(H,28,32)/t21-,22+,23+/m1/s1. The van der Waals surface area contributed by atoms with Crippen molar-refractivity contribution in [1.29, 1.82) is 0 Å². The molecule has 0 fully saturated rings. The predicted octanol–water partition coefficient (Wildman–Crippen LogP) is 2.93. The Morgan fingerprint density at radius 1 is 0.939 bits per heavy atom. The third kappa shape index (κ3) is 7.57. The molecule has 0 saturated carbocycles. The lowest BCUT2D eigenvalue weighted by atomic mass is 9.87. The Morgan fingerprint density at radius 3 is 2.24 bits per heavy atom. The molecule has 1 aliphatic carbocycles. The molecule has 0 radical (unpaired) electrons. The maximum atomic E-state index is 13.0. The van der Waals surface area contributed by atoms with Crippen LogP contribution in [0.1, 0.15) is 30.4 Å². The molecule has 0 spiro atoms. The van der Waals surface area contributed by atoms with E-state index in [9.17, 15) is 19.5 Å². The van der Waals surface area contributed by atoms with E-state index in [1.807, 2.05) is 72.8 Å². The van der Waals surface area contributed by atoms with Crippen LogP contribution in [0.4, 0.5) is 4.79 Å². The number of allylic oxidation sites excluding steroid dienone is 1. The molecule has 7 nitrogen and oxygen atoms in total. The first-order chi connectivity index (χ1) is 16.1. The van der Waals surface area contributed by atoms with Crippen molar-refractivity contribution < 1.29 is 24.2 Å². The van der Waals surface area contributed by atoms with Gasteiger partial charge in [-0.25, -0.2) is 4.79 Å². The number of ketones is 1. The summed E-state index contributed by atoms with van der Waals surface area (Å²) in [4.78, 5) is 37.6. The highest BCUT2D eigenvalue weighted by molar-refractivity contribution is 5.91. The Kier molecular flexibility index (Phi) is 9.20. The van der Waals surface area contributed by atoms with Gasteiger partial charge < -0.3 is 20.5 Å². The van der Waals surface area contributed by atoms with Crippen molar-refractivity contribution in [3.8, 4) is 0 Å². The lowest BCUT2D eigenvalue weighted by Crippen LogP contribution is -2.51. The van der Waals surface area contributed by atoms with Crippen molar-refractivity contribution in [2.75, 3.05) is 6.61 Å². The minimum absolute atomic E-state index is 0.138. The Balaban J connectivity index is 1.57. The number of hydrogen-bond donors (Lipinski definition) is 3. The first-order valence-electron chi connectivity index (χ1n) is 11.2. The molecular formula is C26H30N2O5. The molecule has 7 heteroatoms. The third-order valence-electron chi connectivity index (χ3n) is 5.71. The second-order valence-corrected chi connectivity index (χ2v) is 8.07. The van der Waals surface area contributed by atoms with Crippen LogP contribution in [0.5, 0.6) is 0 Å². The van der Waals surface area contributed by atoms with Crippen molar-refractivity contribution in [1.82, 2.24) is 10.6 Å². The zero-order valence-electron chi connectivity index (χ0n) is 18.5. The van der Waals surface area contributed by atoms with Crippen molar-refractivity contribution in [3.05, 3.63) is 83.9 Å². The van der Waals surface area contributed by atoms with Crippen molar-refractivity contribution >= 4 is 17.8 Å². The lowest BCUT2D eigenvalue weighted by molar-refractivity contribution is -0.132. The molecule has 33 heavy (non-hydrogen) atoms. The van der Waals surface area contributed by atoms with E-state index in [1.54, 1.807) is 0 Å². The summed E-state index contributed by atoms with van der Waals surface area (Å²) in [5.74, 6) is -1.30. The Morgan fingerprint density at radius 2 is 1.58 bits per heavy atom. The van der Waals surface area contributed by atoms with E-state index >= 15 is 0 Å². The Hall–Kier alpha value is -3.45.